The average Bonchev–Trinajstić information content (AvgIpc) is 2.91. The maximum absolute atomic E-state index is 6.50. The standard InChI is InChI=1S/C15H18ClN3O2/c1-9-12(19-21-18-9)8-17-11-5-3-4-10-6-7-13(20-2)15(16)14(10)11/h6-7,11,17H,3-5,8H2,1-2H3/t11-/m0/s1. The van der Waals surface area contributed by atoms with Gasteiger partial charge in [0, 0.05) is 12.6 Å². The molecule has 1 atom stereocenters. The third kappa shape index (κ3) is 2.76. The van der Waals surface area contributed by atoms with Crippen molar-refractivity contribution in [3.63, 3.8) is 0 Å². The molecule has 1 aliphatic carbocycles. The SMILES string of the molecule is COc1ccc2c(c1Cl)[C@@H](NCc1nonc1C)CCC2. The highest BCUT2D eigenvalue weighted by molar-refractivity contribution is 6.33. The molecule has 0 saturated heterocycles. The summed E-state index contributed by atoms with van der Waals surface area (Å²) in [5.74, 6) is 0.725. The second-order valence-corrected chi connectivity index (χ2v) is 5.65. The Morgan fingerprint density at radius 1 is 1.43 bits per heavy atom. The van der Waals surface area contributed by atoms with Gasteiger partial charge in [0.05, 0.1) is 12.1 Å². The molecule has 2 aromatic rings. The fourth-order valence-electron chi connectivity index (χ4n) is 2.84. The van der Waals surface area contributed by atoms with E-state index in [4.69, 9.17) is 21.0 Å². The van der Waals surface area contributed by atoms with Crippen LogP contribution in [0.25, 0.3) is 0 Å². The van der Waals surface area contributed by atoms with Crippen LogP contribution in [-0.4, -0.2) is 17.4 Å². The first-order chi connectivity index (χ1) is 10.2. The van der Waals surface area contributed by atoms with Crippen LogP contribution >= 0.6 is 11.6 Å². The molecule has 0 unspecified atom stereocenters. The largest absolute Gasteiger partial charge is 0.495 e. The van der Waals surface area contributed by atoms with Crippen LogP contribution in [0.5, 0.6) is 5.75 Å². The molecule has 0 aliphatic heterocycles. The monoisotopic (exact) mass is 307 g/mol. The van der Waals surface area contributed by atoms with Crippen LogP contribution in [0.2, 0.25) is 5.02 Å². The van der Waals surface area contributed by atoms with Crippen molar-refractivity contribution in [3.8, 4) is 5.75 Å². The lowest BCUT2D eigenvalue weighted by atomic mass is 9.87. The number of aromatic nitrogens is 2. The molecular formula is C15H18ClN3O2. The zero-order valence-electron chi connectivity index (χ0n) is 12.1. The van der Waals surface area contributed by atoms with Gasteiger partial charge in [-0.25, -0.2) is 4.63 Å². The fourth-order valence-corrected chi connectivity index (χ4v) is 3.23. The van der Waals surface area contributed by atoms with Crippen molar-refractivity contribution in [2.45, 2.75) is 38.8 Å². The lowest BCUT2D eigenvalue weighted by molar-refractivity contribution is 0.299. The number of ether oxygens (including phenoxy) is 1. The van der Waals surface area contributed by atoms with Crippen LogP contribution in [-0.2, 0) is 13.0 Å². The predicted molar refractivity (Wildman–Crippen MR) is 79.6 cm³/mol. The topological polar surface area (TPSA) is 60.2 Å². The van der Waals surface area contributed by atoms with Gasteiger partial charge in [-0.3, -0.25) is 0 Å². The Kier molecular flexibility index (Phi) is 4.12. The van der Waals surface area contributed by atoms with E-state index in [1.807, 2.05) is 13.0 Å². The van der Waals surface area contributed by atoms with Crippen molar-refractivity contribution >= 4 is 11.6 Å². The van der Waals surface area contributed by atoms with Crippen LogP contribution < -0.4 is 10.1 Å². The molecule has 3 rings (SSSR count). The van der Waals surface area contributed by atoms with Gasteiger partial charge in [0.15, 0.2) is 0 Å². The molecule has 5 nitrogen and oxygen atoms in total. The Morgan fingerprint density at radius 2 is 2.29 bits per heavy atom. The van der Waals surface area contributed by atoms with Crippen molar-refractivity contribution in [1.29, 1.82) is 0 Å². The Bertz CT molecular complexity index is 642. The molecule has 1 aliphatic rings. The van der Waals surface area contributed by atoms with E-state index in [1.54, 1.807) is 7.11 Å². The third-order valence-electron chi connectivity index (χ3n) is 4.00. The first-order valence-corrected chi connectivity index (χ1v) is 7.45. The average molecular weight is 308 g/mol. The predicted octanol–water partition coefficient (Wildman–Crippen LogP) is 3.21. The summed E-state index contributed by atoms with van der Waals surface area (Å²) < 4.78 is 10.1. The van der Waals surface area contributed by atoms with Gasteiger partial charge in [0.25, 0.3) is 0 Å². The van der Waals surface area contributed by atoms with Crippen LogP contribution in [0.1, 0.15) is 41.4 Å². The lowest BCUT2D eigenvalue weighted by Crippen LogP contribution is -2.25. The van der Waals surface area contributed by atoms with E-state index in [9.17, 15) is 0 Å². The first-order valence-electron chi connectivity index (χ1n) is 7.07. The normalized spacial score (nSPS) is 17.6. The maximum atomic E-state index is 6.50. The van der Waals surface area contributed by atoms with Gasteiger partial charge in [0.1, 0.15) is 17.1 Å². The van der Waals surface area contributed by atoms with E-state index in [-0.39, 0.29) is 6.04 Å². The minimum atomic E-state index is 0.201. The van der Waals surface area contributed by atoms with Crippen LogP contribution in [0.4, 0.5) is 0 Å². The number of hydrogen-bond donors (Lipinski definition) is 1. The molecule has 0 spiro atoms. The number of aryl methyl sites for hydroxylation is 2. The minimum absolute atomic E-state index is 0.201. The van der Waals surface area contributed by atoms with Gasteiger partial charge in [-0.2, -0.15) is 0 Å². The highest BCUT2D eigenvalue weighted by atomic mass is 35.5. The summed E-state index contributed by atoms with van der Waals surface area (Å²) in [5, 5.41) is 11.9. The molecule has 1 N–H and O–H groups in total. The van der Waals surface area contributed by atoms with Crippen molar-refractivity contribution < 1.29 is 9.37 Å². The maximum Gasteiger partial charge on any atom is 0.137 e. The van der Waals surface area contributed by atoms with Crippen LogP contribution in [0, 0.1) is 6.92 Å². The molecule has 6 heteroatoms. The number of hydrogen-bond acceptors (Lipinski definition) is 5. The lowest BCUT2D eigenvalue weighted by Gasteiger charge is -2.28. The van der Waals surface area contributed by atoms with Crippen LogP contribution in [0.15, 0.2) is 16.8 Å². The number of fused-ring (bicyclic) bond motifs is 1. The van der Waals surface area contributed by atoms with Crippen molar-refractivity contribution in [2.75, 3.05) is 7.11 Å². The summed E-state index contributed by atoms with van der Waals surface area (Å²) in [6.07, 6.45) is 3.25. The number of nitrogens with one attached hydrogen (secondary N) is 1. The van der Waals surface area contributed by atoms with E-state index >= 15 is 0 Å². The van der Waals surface area contributed by atoms with E-state index in [1.165, 1.54) is 5.56 Å². The molecule has 1 aromatic carbocycles. The fraction of sp³-hybridized carbons (Fsp3) is 0.467. The molecule has 0 radical (unpaired) electrons. The highest BCUT2D eigenvalue weighted by Crippen LogP contribution is 2.40. The summed E-state index contributed by atoms with van der Waals surface area (Å²) in [6, 6.07) is 4.25. The summed E-state index contributed by atoms with van der Waals surface area (Å²) in [7, 11) is 1.64. The van der Waals surface area contributed by atoms with Gasteiger partial charge >= 0.3 is 0 Å². The number of benzene rings is 1. The van der Waals surface area contributed by atoms with E-state index in [0.717, 1.165) is 42.0 Å². The molecule has 1 aromatic heterocycles. The quantitative estimate of drug-likeness (QED) is 0.940. The molecule has 1 heterocycles. The van der Waals surface area contributed by atoms with E-state index in [0.29, 0.717) is 11.6 Å². The Labute approximate surface area is 128 Å². The Hall–Kier alpha value is -1.59. The van der Waals surface area contributed by atoms with Crippen LogP contribution in [0.3, 0.4) is 0 Å². The highest BCUT2D eigenvalue weighted by Gasteiger charge is 2.25. The van der Waals surface area contributed by atoms with Gasteiger partial charge in [0.2, 0.25) is 0 Å². The minimum Gasteiger partial charge on any atom is -0.495 e. The molecule has 0 saturated carbocycles. The van der Waals surface area contributed by atoms with Gasteiger partial charge in [-0.05, 0) is 43.4 Å². The van der Waals surface area contributed by atoms with Crippen molar-refractivity contribution in [3.05, 3.63) is 39.7 Å². The molecule has 0 bridgehead atoms. The summed E-state index contributed by atoms with van der Waals surface area (Å²) >= 11 is 6.50. The molecular weight excluding hydrogens is 290 g/mol. The van der Waals surface area contributed by atoms with Crippen molar-refractivity contribution in [2.24, 2.45) is 0 Å². The number of methoxy groups -OCH3 is 1. The van der Waals surface area contributed by atoms with Gasteiger partial charge < -0.3 is 10.1 Å². The van der Waals surface area contributed by atoms with Gasteiger partial charge in [-0.15, -0.1) is 0 Å². The Morgan fingerprint density at radius 3 is 3.00 bits per heavy atom. The third-order valence-corrected chi connectivity index (χ3v) is 4.39. The second-order valence-electron chi connectivity index (χ2n) is 5.28. The summed E-state index contributed by atoms with van der Waals surface area (Å²) in [4.78, 5) is 0. The molecule has 21 heavy (non-hydrogen) atoms. The molecule has 112 valence electrons. The zero-order valence-corrected chi connectivity index (χ0v) is 12.9. The van der Waals surface area contributed by atoms with E-state index in [2.05, 4.69) is 21.7 Å². The smallest absolute Gasteiger partial charge is 0.137 e. The zero-order chi connectivity index (χ0) is 14.8. The van der Waals surface area contributed by atoms with E-state index < -0.39 is 0 Å². The number of rotatable bonds is 4. The first kappa shape index (κ1) is 14.4. The van der Waals surface area contributed by atoms with Crippen molar-refractivity contribution in [1.82, 2.24) is 15.6 Å². The number of nitrogens with zero attached hydrogens (tertiary/aromatic N) is 2. The molecule has 0 amide bonds. The Balaban J connectivity index is 1.84. The summed E-state index contributed by atoms with van der Waals surface area (Å²) in [5.41, 5.74) is 4.09. The second kappa shape index (κ2) is 6.03. The summed E-state index contributed by atoms with van der Waals surface area (Å²) in [6.45, 7) is 2.51. The van der Waals surface area contributed by atoms with Gasteiger partial charge in [-0.1, -0.05) is 28.0 Å². The number of halogens is 1. The molecule has 0 fully saturated rings.